The van der Waals surface area contributed by atoms with Crippen molar-refractivity contribution in [2.24, 2.45) is 0 Å². The molecule has 0 radical (unpaired) electrons. The molecule has 0 aliphatic heterocycles. The number of carbonyl (C=O) groups excluding carboxylic acids is 1. The van der Waals surface area contributed by atoms with Gasteiger partial charge in [0.1, 0.15) is 17.2 Å². The van der Waals surface area contributed by atoms with E-state index in [-0.39, 0.29) is 12.4 Å². The van der Waals surface area contributed by atoms with Gasteiger partial charge in [-0.25, -0.2) is 14.8 Å². The third-order valence-electron chi connectivity index (χ3n) is 2.71. The van der Waals surface area contributed by atoms with E-state index in [0.29, 0.717) is 11.6 Å². The van der Waals surface area contributed by atoms with Crippen molar-refractivity contribution in [2.45, 2.75) is 30.9 Å². The summed E-state index contributed by atoms with van der Waals surface area (Å²) in [6.45, 7) is 3.34. The number of aromatic nitrogens is 4. The Hall–Kier alpha value is -2.13. The number of urea groups is 1. The van der Waals surface area contributed by atoms with Gasteiger partial charge in [-0.2, -0.15) is 5.10 Å². The van der Waals surface area contributed by atoms with Crippen LogP contribution >= 0.6 is 11.8 Å². The van der Waals surface area contributed by atoms with Crippen LogP contribution in [0.25, 0.3) is 0 Å². The molecule has 0 aliphatic carbocycles. The Labute approximate surface area is 132 Å². The van der Waals surface area contributed by atoms with Crippen molar-refractivity contribution in [3.63, 3.8) is 0 Å². The summed E-state index contributed by atoms with van der Waals surface area (Å²) in [5.74, 6) is 1.20. The number of pyridine rings is 1. The lowest BCUT2D eigenvalue weighted by Gasteiger charge is -2.10. The van der Waals surface area contributed by atoms with Gasteiger partial charge in [-0.05, 0) is 32.2 Å². The minimum Gasteiger partial charge on any atom is -0.382 e. The van der Waals surface area contributed by atoms with Crippen LogP contribution in [0.3, 0.4) is 0 Å². The Morgan fingerprint density at radius 2 is 2.23 bits per heavy atom. The van der Waals surface area contributed by atoms with E-state index in [1.807, 2.05) is 12.3 Å². The first-order chi connectivity index (χ1) is 10.4. The number of rotatable bonds is 5. The summed E-state index contributed by atoms with van der Waals surface area (Å²) in [7, 11) is 0. The number of nitrogens with zero attached hydrogens (tertiary/aromatic N) is 3. The van der Waals surface area contributed by atoms with Crippen molar-refractivity contribution < 1.29 is 9.90 Å². The summed E-state index contributed by atoms with van der Waals surface area (Å²) >= 11 is 1.58. The monoisotopic (exact) mass is 322 g/mol. The van der Waals surface area contributed by atoms with Crippen LogP contribution in [0.15, 0.2) is 23.2 Å². The minimum absolute atomic E-state index is 0.164. The van der Waals surface area contributed by atoms with Gasteiger partial charge in [0.25, 0.3) is 0 Å². The molecule has 22 heavy (non-hydrogen) atoms. The molecule has 0 aliphatic rings. The van der Waals surface area contributed by atoms with Crippen LogP contribution in [0.1, 0.15) is 25.5 Å². The van der Waals surface area contributed by atoms with E-state index >= 15 is 0 Å². The lowest BCUT2D eigenvalue weighted by Crippen LogP contribution is -2.29. The molecule has 2 aromatic rings. The molecule has 0 fully saturated rings. The number of thioether (sulfide) groups is 1. The third-order valence-corrected chi connectivity index (χ3v) is 3.42. The summed E-state index contributed by atoms with van der Waals surface area (Å²) in [6.07, 6.45) is 3.64. The van der Waals surface area contributed by atoms with Crippen molar-refractivity contribution in [1.29, 1.82) is 0 Å². The summed E-state index contributed by atoms with van der Waals surface area (Å²) in [6, 6.07) is 3.21. The number of hydrogen-bond acceptors (Lipinski definition) is 6. The van der Waals surface area contributed by atoms with E-state index < -0.39 is 11.6 Å². The van der Waals surface area contributed by atoms with Crippen molar-refractivity contribution in [3.8, 4) is 0 Å². The molecule has 0 bridgehead atoms. The van der Waals surface area contributed by atoms with Gasteiger partial charge in [0.05, 0.1) is 6.54 Å². The van der Waals surface area contributed by atoms with Gasteiger partial charge in [-0.1, -0.05) is 0 Å². The molecule has 8 nitrogen and oxygen atoms in total. The second-order valence-electron chi connectivity index (χ2n) is 5.06. The number of nitrogens with one attached hydrogen (secondary N) is 3. The fourth-order valence-corrected chi connectivity index (χ4v) is 1.91. The molecule has 0 saturated heterocycles. The minimum atomic E-state index is -1.13. The van der Waals surface area contributed by atoms with E-state index in [4.69, 9.17) is 0 Å². The topological polar surface area (TPSA) is 116 Å². The fraction of sp³-hybridized carbons (Fsp3) is 0.385. The number of H-pyrrole nitrogens is 1. The zero-order valence-electron chi connectivity index (χ0n) is 12.5. The normalized spacial score (nSPS) is 11.3. The summed E-state index contributed by atoms with van der Waals surface area (Å²) in [4.78, 5) is 21.0. The maximum Gasteiger partial charge on any atom is 0.320 e. The molecule has 0 spiro atoms. The molecule has 2 aromatic heterocycles. The van der Waals surface area contributed by atoms with Crippen LogP contribution in [0, 0.1) is 0 Å². The Kier molecular flexibility index (Phi) is 4.99. The van der Waals surface area contributed by atoms with Crippen LogP contribution < -0.4 is 10.6 Å². The molecule has 4 N–H and O–H groups in total. The maximum atomic E-state index is 11.8. The average molecular weight is 322 g/mol. The quantitative estimate of drug-likeness (QED) is 0.620. The zero-order chi connectivity index (χ0) is 16.2. The van der Waals surface area contributed by atoms with Gasteiger partial charge in [0.2, 0.25) is 0 Å². The van der Waals surface area contributed by atoms with Gasteiger partial charge in [-0.15, -0.1) is 11.8 Å². The lowest BCUT2D eigenvalue weighted by molar-refractivity contribution is 0.0690. The second-order valence-corrected chi connectivity index (χ2v) is 5.94. The highest BCUT2D eigenvalue weighted by molar-refractivity contribution is 7.98. The molecule has 0 saturated carbocycles. The van der Waals surface area contributed by atoms with E-state index in [1.54, 1.807) is 37.9 Å². The van der Waals surface area contributed by atoms with Gasteiger partial charge < -0.3 is 10.4 Å². The lowest BCUT2D eigenvalue weighted by atomic mass is 10.1. The highest BCUT2D eigenvalue weighted by Crippen LogP contribution is 2.15. The highest BCUT2D eigenvalue weighted by Gasteiger charge is 2.21. The van der Waals surface area contributed by atoms with Crippen molar-refractivity contribution >= 4 is 23.6 Å². The predicted octanol–water partition coefficient (Wildman–Crippen LogP) is 1.47. The van der Waals surface area contributed by atoms with Crippen LogP contribution in [-0.2, 0) is 12.1 Å². The number of anilines is 1. The smallest absolute Gasteiger partial charge is 0.320 e. The number of hydrogen-bond donors (Lipinski definition) is 4. The molecule has 0 aromatic carbocycles. The zero-order valence-corrected chi connectivity index (χ0v) is 13.4. The SMILES string of the molecule is CSc1ccc(NC(=O)NCc2nc(C(C)(C)O)n[nH]2)nc1. The molecule has 2 rings (SSSR count). The molecule has 0 atom stereocenters. The van der Waals surface area contributed by atoms with Crippen molar-refractivity contribution in [1.82, 2.24) is 25.5 Å². The van der Waals surface area contributed by atoms with Gasteiger partial charge in [0.15, 0.2) is 5.82 Å². The van der Waals surface area contributed by atoms with E-state index in [9.17, 15) is 9.90 Å². The van der Waals surface area contributed by atoms with E-state index in [1.165, 1.54) is 0 Å². The van der Waals surface area contributed by atoms with Crippen molar-refractivity contribution in [2.75, 3.05) is 11.6 Å². The second kappa shape index (κ2) is 6.75. The number of amides is 2. The first kappa shape index (κ1) is 16.2. The highest BCUT2D eigenvalue weighted by atomic mass is 32.2. The van der Waals surface area contributed by atoms with Gasteiger partial charge >= 0.3 is 6.03 Å². The van der Waals surface area contributed by atoms with Gasteiger partial charge in [0, 0.05) is 11.1 Å². The fourth-order valence-electron chi connectivity index (χ4n) is 1.55. The molecule has 9 heteroatoms. The van der Waals surface area contributed by atoms with E-state index in [0.717, 1.165) is 4.90 Å². The summed E-state index contributed by atoms with van der Waals surface area (Å²) in [5, 5.41) is 21.6. The Morgan fingerprint density at radius 3 is 2.77 bits per heavy atom. The number of carbonyl (C=O) groups is 1. The van der Waals surface area contributed by atoms with Crippen LogP contribution in [0.4, 0.5) is 10.6 Å². The van der Waals surface area contributed by atoms with Gasteiger partial charge in [-0.3, -0.25) is 10.4 Å². The number of aromatic amines is 1. The largest absolute Gasteiger partial charge is 0.382 e. The third kappa shape index (κ3) is 4.43. The molecule has 2 heterocycles. The summed E-state index contributed by atoms with van der Waals surface area (Å²) in [5.41, 5.74) is -1.13. The van der Waals surface area contributed by atoms with Crippen LogP contribution in [0.2, 0.25) is 0 Å². The Bertz CT molecular complexity index is 635. The molecule has 0 unspecified atom stereocenters. The number of aliphatic hydroxyl groups is 1. The Balaban J connectivity index is 1.85. The Morgan fingerprint density at radius 1 is 1.45 bits per heavy atom. The first-order valence-corrected chi connectivity index (χ1v) is 7.80. The molecule has 118 valence electrons. The van der Waals surface area contributed by atoms with E-state index in [2.05, 4.69) is 30.8 Å². The average Bonchev–Trinajstić information content (AvgIpc) is 2.95. The van der Waals surface area contributed by atoms with Crippen LogP contribution in [-0.4, -0.2) is 37.6 Å². The molecular weight excluding hydrogens is 304 g/mol. The predicted molar refractivity (Wildman–Crippen MR) is 83.5 cm³/mol. The van der Waals surface area contributed by atoms with Crippen molar-refractivity contribution in [3.05, 3.63) is 30.0 Å². The molecular formula is C13H18N6O2S. The first-order valence-electron chi connectivity index (χ1n) is 6.57. The summed E-state index contributed by atoms with van der Waals surface area (Å²) < 4.78 is 0. The van der Waals surface area contributed by atoms with Crippen LogP contribution in [0.5, 0.6) is 0 Å². The maximum absolute atomic E-state index is 11.8. The molecule has 2 amide bonds. The standard InChI is InChI=1S/C13H18N6O2S/c1-13(2,21)11-16-10(18-19-11)7-15-12(20)17-9-5-4-8(22-3)6-14-9/h4-6,21H,7H2,1-3H3,(H,16,18,19)(H2,14,15,17,20).